The van der Waals surface area contributed by atoms with E-state index >= 15 is 0 Å². The van der Waals surface area contributed by atoms with Crippen molar-refractivity contribution in [3.05, 3.63) is 22.3 Å². The van der Waals surface area contributed by atoms with Crippen molar-refractivity contribution in [2.45, 2.75) is 0 Å². The summed E-state index contributed by atoms with van der Waals surface area (Å²) in [6, 6.07) is 3.35. The molecule has 0 aliphatic heterocycles. The minimum Gasteiger partial charge on any atom is -0.495 e. The van der Waals surface area contributed by atoms with Crippen LogP contribution in [0, 0.1) is 0 Å². The summed E-state index contributed by atoms with van der Waals surface area (Å²) < 4.78 is 18.2. The molecule has 0 saturated heterocycles. The lowest BCUT2D eigenvalue weighted by molar-refractivity contribution is 0.396. The molecule has 5 nitrogen and oxygen atoms in total. The Kier molecular flexibility index (Phi) is 4.11. The molecule has 2 aromatic rings. The van der Waals surface area contributed by atoms with Crippen LogP contribution in [0.15, 0.2) is 12.1 Å². The number of aromatic nitrogens is 2. The number of hydrogen-bond acceptors (Lipinski definition) is 6. The van der Waals surface area contributed by atoms with Crippen molar-refractivity contribution in [3.8, 4) is 11.5 Å². The smallest absolute Gasteiger partial charge is 0.187 e. The Morgan fingerprint density at radius 3 is 2.39 bits per heavy atom. The van der Waals surface area contributed by atoms with Crippen LogP contribution in [0.1, 0.15) is 0 Å². The second-order valence-electron chi connectivity index (χ2n) is 3.22. The highest BCUT2D eigenvalue weighted by Crippen LogP contribution is 2.37. The third-order valence-corrected chi connectivity index (χ3v) is 3.36. The SMILES string of the molecule is COc1cc(OC)c(Nc2nsnc2Cl)cc1Cl. The van der Waals surface area contributed by atoms with E-state index in [-0.39, 0.29) is 0 Å². The topological polar surface area (TPSA) is 56.3 Å². The molecule has 0 spiro atoms. The van der Waals surface area contributed by atoms with Gasteiger partial charge in [0.2, 0.25) is 0 Å². The van der Waals surface area contributed by atoms with Crippen LogP contribution in [-0.2, 0) is 0 Å². The lowest BCUT2D eigenvalue weighted by Crippen LogP contribution is -1.97. The minimum atomic E-state index is 0.300. The zero-order chi connectivity index (χ0) is 13.1. The summed E-state index contributed by atoms with van der Waals surface area (Å²) in [6.07, 6.45) is 0. The minimum absolute atomic E-state index is 0.300. The van der Waals surface area contributed by atoms with Crippen LogP contribution < -0.4 is 14.8 Å². The molecule has 8 heteroatoms. The Bertz CT molecular complexity index is 562. The fraction of sp³-hybridized carbons (Fsp3) is 0.200. The second-order valence-corrected chi connectivity index (χ2v) is 4.51. The van der Waals surface area contributed by atoms with Gasteiger partial charge < -0.3 is 14.8 Å². The molecule has 0 atom stereocenters. The Labute approximate surface area is 118 Å². The number of benzene rings is 1. The van der Waals surface area contributed by atoms with Crippen molar-refractivity contribution in [2.75, 3.05) is 19.5 Å². The van der Waals surface area contributed by atoms with Gasteiger partial charge in [-0.1, -0.05) is 23.2 Å². The summed E-state index contributed by atoms with van der Waals surface area (Å²) in [7, 11) is 3.09. The van der Waals surface area contributed by atoms with Crippen LogP contribution in [0.25, 0.3) is 0 Å². The second kappa shape index (κ2) is 5.60. The van der Waals surface area contributed by atoms with Crippen molar-refractivity contribution in [1.82, 2.24) is 8.75 Å². The van der Waals surface area contributed by atoms with Gasteiger partial charge >= 0.3 is 0 Å². The van der Waals surface area contributed by atoms with Crippen LogP contribution in [-0.4, -0.2) is 23.0 Å². The lowest BCUT2D eigenvalue weighted by atomic mass is 10.2. The van der Waals surface area contributed by atoms with E-state index in [9.17, 15) is 0 Å². The van der Waals surface area contributed by atoms with Crippen LogP contribution in [0.5, 0.6) is 11.5 Å². The van der Waals surface area contributed by atoms with Crippen LogP contribution in [0.2, 0.25) is 10.2 Å². The van der Waals surface area contributed by atoms with E-state index in [1.807, 2.05) is 0 Å². The summed E-state index contributed by atoms with van der Waals surface area (Å²) >= 11 is 12.9. The van der Waals surface area contributed by atoms with Crippen LogP contribution in [0.4, 0.5) is 11.5 Å². The fourth-order valence-corrected chi connectivity index (χ4v) is 2.22. The molecular weight excluding hydrogens is 297 g/mol. The van der Waals surface area contributed by atoms with Gasteiger partial charge in [0.1, 0.15) is 11.5 Å². The molecule has 0 fully saturated rings. The first-order chi connectivity index (χ1) is 8.65. The van der Waals surface area contributed by atoms with E-state index in [0.717, 1.165) is 11.7 Å². The fourth-order valence-electron chi connectivity index (χ4n) is 1.34. The predicted octanol–water partition coefficient (Wildman–Crippen LogP) is 3.61. The molecule has 0 aliphatic carbocycles. The van der Waals surface area contributed by atoms with Gasteiger partial charge in [0, 0.05) is 6.07 Å². The van der Waals surface area contributed by atoms with E-state index < -0.39 is 0 Å². The molecule has 0 radical (unpaired) electrons. The summed E-state index contributed by atoms with van der Waals surface area (Å²) in [5, 5.41) is 3.76. The van der Waals surface area contributed by atoms with Crippen molar-refractivity contribution < 1.29 is 9.47 Å². The monoisotopic (exact) mass is 305 g/mol. The molecule has 0 amide bonds. The number of methoxy groups -OCH3 is 2. The summed E-state index contributed by atoms with van der Waals surface area (Å²) in [6.45, 7) is 0. The molecular formula is C10H9Cl2N3O2S. The molecule has 1 aromatic carbocycles. The van der Waals surface area contributed by atoms with Crippen molar-refractivity contribution in [1.29, 1.82) is 0 Å². The quantitative estimate of drug-likeness (QED) is 0.935. The highest BCUT2D eigenvalue weighted by atomic mass is 35.5. The molecule has 2 rings (SSSR count). The number of rotatable bonds is 4. The molecule has 1 N–H and O–H groups in total. The Hall–Kier alpha value is -1.24. The summed E-state index contributed by atoms with van der Waals surface area (Å²) in [5.74, 6) is 1.56. The first-order valence-electron chi connectivity index (χ1n) is 4.82. The summed E-state index contributed by atoms with van der Waals surface area (Å²) in [4.78, 5) is 0. The average Bonchev–Trinajstić information content (AvgIpc) is 2.75. The van der Waals surface area contributed by atoms with Gasteiger partial charge in [-0.05, 0) is 6.07 Å². The first-order valence-corrected chi connectivity index (χ1v) is 6.31. The largest absolute Gasteiger partial charge is 0.495 e. The standard InChI is InChI=1S/C10H9Cl2N3O2S/c1-16-7-4-8(17-2)6(3-5(7)11)13-10-9(12)14-18-15-10/h3-4H,1-2H3,(H,13,15). The molecule has 0 bridgehead atoms. The van der Waals surface area contributed by atoms with Gasteiger partial charge in [0.15, 0.2) is 11.0 Å². The van der Waals surface area contributed by atoms with Crippen molar-refractivity contribution in [2.24, 2.45) is 0 Å². The third kappa shape index (κ3) is 2.60. The highest BCUT2D eigenvalue weighted by molar-refractivity contribution is 6.99. The normalized spacial score (nSPS) is 10.2. The molecule has 18 heavy (non-hydrogen) atoms. The molecule has 1 aromatic heterocycles. The number of nitrogens with one attached hydrogen (secondary N) is 1. The molecule has 96 valence electrons. The average molecular weight is 306 g/mol. The molecule has 0 saturated carbocycles. The van der Waals surface area contributed by atoms with Gasteiger partial charge in [0.25, 0.3) is 0 Å². The number of hydrogen-bond donors (Lipinski definition) is 1. The van der Waals surface area contributed by atoms with Gasteiger partial charge in [-0.3, -0.25) is 0 Å². The number of anilines is 2. The maximum atomic E-state index is 6.05. The molecule has 1 heterocycles. The lowest BCUT2D eigenvalue weighted by Gasteiger charge is -2.12. The molecule has 0 unspecified atom stereocenters. The number of nitrogens with zero attached hydrogens (tertiary/aromatic N) is 2. The Morgan fingerprint density at radius 2 is 1.83 bits per heavy atom. The van der Waals surface area contributed by atoms with E-state index in [2.05, 4.69) is 14.1 Å². The van der Waals surface area contributed by atoms with Crippen LogP contribution >= 0.6 is 34.9 Å². The van der Waals surface area contributed by atoms with Gasteiger partial charge in [-0.25, -0.2) is 0 Å². The van der Waals surface area contributed by atoms with E-state index in [1.54, 1.807) is 19.2 Å². The Morgan fingerprint density at radius 1 is 1.11 bits per heavy atom. The number of halogens is 2. The van der Waals surface area contributed by atoms with E-state index in [1.165, 1.54) is 7.11 Å². The zero-order valence-corrected chi connectivity index (χ0v) is 11.9. The highest BCUT2D eigenvalue weighted by Gasteiger charge is 2.13. The Balaban J connectivity index is 2.38. The van der Waals surface area contributed by atoms with Gasteiger partial charge in [-0.15, -0.1) is 0 Å². The van der Waals surface area contributed by atoms with Crippen molar-refractivity contribution >= 4 is 46.4 Å². The number of ether oxygens (including phenoxy) is 2. The van der Waals surface area contributed by atoms with Gasteiger partial charge in [-0.2, -0.15) is 8.75 Å². The predicted molar refractivity (Wildman–Crippen MR) is 72.8 cm³/mol. The first kappa shape index (κ1) is 13.2. The van der Waals surface area contributed by atoms with Crippen molar-refractivity contribution in [3.63, 3.8) is 0 Å². The third-order valence-electron chi connectivity index (χ3n) is 2.18. The van der Waals surface area contributed by atoms with E-state index in [4.69, 9.17) is 32.7 Å². The maximum Gasteiger partial charge on any atom is 0.187 e. The van der Waals surface area contributed by atoms with Crippen LogP contribution in [0.3, 0.4) is 0 Å². The summed E-state index contributed by atoms with van der Waals surface area (Å²) in [5.41, 5.74) is 0.637. The van der Waals surface area contributed by atoms with E-state index in [0.29, 0.717) is 33.2 Å². The maximum absolute atomic E-state index is 6.05. The van der Waals surface area contributed by atoms with Gasteiger partial charge in [0.05, 0.1) is 36.7 Å². The molecule has 0 aliphatic rings. The zero-order valence-electron chi connectivity index (χ0n) is 9.53.